The Bertz CT molecular complexity index is 796. The Morgan fingerprint density at radius 1 is 0.556 bits per heavy atom. The van der Waals surface area contributed by atoms with Crippen molar-refractivity contribution in [2.24, 2.45) is 23.7 Å². The van der Waals surface area contributed by atoms with E-state index in [2.05, 4.69) is 53.7 Å². The van der Waals surface area contributed by atoms with Crippen molar-refractivity contribution in [3.63, 3.8) is 0 Å². The summed E-state index contributed by atoms with van der Waals surface area (Å²) in [5.41, 5.74) is 6.24. The minimum absolute atomic E-state index is 0.00788. The quantitative estimate of drug-likeness (QED) is 0.427. The van der Waals surface area contributed by atoms with E-state index in [1.807, 2.05) is 0 Å². The van der Waals surface area contributed by atoms with E-state index in [1.165, 1.54) is 62.5 Å². The van der Waals surface area contributed by atoms with E-state index in [-0.39, 0.29) is 12.6 Å². The van der Waals surface area contributed by atoms with Crippen molar-refractivity contribution in [1.82, 2.24) is 0 Å². The third kappa shape index (κ3) is 5.58. The lowest BCUT2D eigenvalue weighted by Gasteiger charge is -2.40. The summed E-state index contributed by atoms with van der Waals surface area (Å²) in [7, 11) is 0. The molecule has 5 rings (SSSR count). The van der Waals surface area contributed by atoms with Crippen LogP contribution >= 0.6 is 0 Å². The number of rotatable bonds is 4. The molecule has 4 aliphatic rings. The van der Waals surface area contributed by atoms with E-state index in [4.69, 9.17) is 18.9 Å². The van der Waals surface area contributed by atoms with Crippen molar-refractivity contribution in [2.45, 2.75) is 130 Å². The van der Waals surface area contributed by atoms with Gasteiger partial charge in [0.1, 0.15) is 0 Å². The van der Waals surface area contributed by atoms with Gasteiger partial charge in [-0.05, 0) is 113 Å². The topological polar surface area (TPSA) is 36.9 Å². The highest BCUT2D eigenvalue weighted by Crippen LogP contribution is 2.44. The largest absolute Gasteiger partial charge is 0.352 e. The summed E-state index contributed by atoms with van der Waals surface area (Å²) >= 11 is 0. The Kier molecular flexibility index (Phi) is 8.47. The van der Waals surface area contributed by atoms with Gasteiger partial charge in [0.25, 0.3) is 0 Å². The second-order valence-electron chi connectivity index (χ2n) is 12.8. The SMILES string of the molecule is Cc1c(C2CCC(C3OCC(C)C(C)O3)CC2)ccc(C2CCC(C3OCC(C)C(C)O3)CC2)c1C. The van der Waals surface area contributed by atoms with Crippen LogP contribution in [0, 0.1) is 37.5 Å². The molecule has 4 nitrogen and oxygen atoms in total. The van der Waals surface area contributed by atoms with Crippen LogP contribution in [-0.4, -0.2) is 38.0 Å². The molecule has 2 saturated carbocycles. The van der Waals surface area contributed by atoms with Crippen LogP contribution in [-0.2, 0) is 18.9 Å². The molecule has 0 spiro atoms. The maximum atomic E-state index is 6.22. The van der Waals surface area contributed by atoms with Gasteiger partial charge in [0.05, 0.1) is 25.4 Å². The third-order valence-corrected chi connectivity index (χ3v) is 10.4. The Hall–Kier alpha value is -0.940. The van der Waals surface area contributed by atoms with Crippen LogP contribution in [0.1, 0.15) is 113 Å². The van der Waals surface area contributed by atoms with Gasteiger partial charge in [-0.3, -0.25) is 0 Å². The maximum absolute atomic E-state index is 6.22. The van der Waals surface area contributed by atoms with E-state index in [9.17, 15) is 0 Å². The molecule has 2 heterocycles. The Balaban J connectivity index is 1.16. The predicted octanol–water partition coefficient (Wildman–Crippen LogP) is 7.65. The summed E-state index contributed by atoms with van der Waals surface area (Å²) in [6.07, 6.45) is 10.5. The number of benzene rings is 1. The smallest absolute Gasteiger partial charge is 0.160 e. The summed E-state index contributed by atoms with van der Waals surface area (Å²) in [5, 5.41) is 0. The molecule has 2 aliphatic carbocycles. The van der Waals surface area contributed by atoms with Crippen LogP contribution in [0.4, 0.5) is 0 Å². The lowest BCUT2D eigenvalue weighted by molar-refractivity contribution is -0.253. The van der Waals surface area contributed by atoms with E-state index >= 15 is 0 Å². The fraction of sp³-hybridized carbons (Fsp3) is 0.812. The highest BCUT2D eigenvalue weighted by Gasteiger charge is 2.37. The van der Waals surface area contributed by atoms with Crippen LogP contribution < -0.4 is 0 Å². The standard InChI is InChI=1S/C32H50O4/c1-19-17-33-31(35-23(19)5)27-11-7-25(8-12-27)29-15-16-30(22(4)21(29)3)26-9-13-28(14-10-26)32-34-18-20(2)24(6)36-32/h15-16,19-20,23-28,31-32H,7-14,17-18H2,1-6H3. The molecule has 36 heavy (non-hydrogen) atoms. The van der Waals surface area contributed by atoms with E-state index in [0.29, 0.717) is 47.7 Å². The van der Waals surface area contributed by atoms with Crippen LogP contribution in [0.25, 0.3) is 0 Å². The van der Waals surface area contributed by atoms with Crippen molar-refractivity contribution in [3.05, 3.63) is 34.4 Å². The molecule has 1 aromatic rings. The first-order chi connectivity index (χ1) is 17.3. The minimum Gasteiger partial charge on any atom is -0.352 e. The summed E-state index contributed by atoms with van der Waals surface area (Å²) < 4.78 is 24.6. The van der Waals surface area contributed by atoms with E-state index < -0.39 is 0 Å². The molecule has 0 bridgehead atoms. The molecule has 202 valence electrons. The lowest BCUT2D eigenvalue weighted by Crippen LogP contribution is -2.41. The van der Waals surface area contributed by atoms with Crippen LogP contribution in [0.2, 0.25) is 0 Å². The van der Waals surface area contributed by atoms with Crippen molar-refractivity contribution >= 4 is 0 Å². The average molecular weight is 499 g/mol. The molecule has 2 aliphatic heterocycles. The molecule has 6 atom stereocenters. The predicted molar refractivity (Wildman–Crippen MR) is 144 cm³/mol. The molecule has 0 N–H and O–H groups in total. The third-order valence-electron chi connectivity index (χ3n) is 10.4. The highest BCUT2D eigenvalue weighted by molar-refractivity contribution is 5.43. The monoisotopic (exact) mass is 498 g/mol. The van der Waals surface area contributed by atoms with Crippen LogP contribution in [0.15, 0.2) is 12.1 Å². The maximum Gasteiger partial charge on any atom is 0.160 e. The Labute approximate surface area is 219 Å². The second-order valence-corrected chi connectivity index (χ2v) is 12.8. The van der Waals surface area contributed by atoms with Crippen molar-refractivity contribution in [1.29, 1.82) is 0 Å². The van der Waals surface area contributed by atoms with Gasteiger partial charge < -0.3 is 18.9 Å². The molecule has 2 saturated heterocycles. The van der Waals surface area contributed by atoms with Gasteiger partial charge >= 0.3 is 0 Å². The molecule has 1 aromatic carbocycles. The van der Waals surface area contributed by atoms with Gasteiger partial charge in [-0.25, -0.2) is 0 Å². The van der Waals surface area contributed by atoms with Gasteiger partial charge in [0, 0.05) is 23.7 Å². The molecular formula is C32H50O4. The van der Waals surface area contributed by atoms with Gasteiger partial charge in [-0.2, -0.15) is 0 Å². The van der Waals surface area contributed by atoms with E-state index in [1.54, 1.807) is 11.1 Å². The summed E-state index contributed by atoms with van der Waals surface area (Å²) in [6, 6.07) is 4.95. The van der Waals surface area contributed by atoms with Gasteiger partial charge in [-0.1, -0.05) is 26.0 Å². The first-order valence-corrected chi connectivity index (χ1v) is 15.0. The van der Waals surface area contributed by atoms with Crippen molar-refractivity contribution in [3.8, 4) is 0 Å². The molecule has 4 heteroatoms. The molecule has 0 amide bonds. The summed E-state index contributed by atoms with van der Waals surface area (Å²) in [6.45, 7) is 15.3. The lowest BCUT2D eigenvalue weighted by atomic mass is 9.73. The Morgan fingerprint density at radius 2 is 0.917 bits per heavy atom. The normalized spacial score (nSPS) is 42.3. The first-order valence-electron chi connectivity index (χ1n) is 15.0. The van der Waals surface area contributed by atoms with Crippen molar-refractivity contribution < 1.29 is 18.9 Å². The minimum atomic E-state index is 0.00788. The fourth-order valence-electron chi connectivity index (χ4n) is 7.18. The zero-order valence-electron chi connectivity index (χ0n) is 23.6. The molecule has 4 fully saturated rings. The fourth-order valence-corrected chi connectivity index (χ4v) is 7.18. The Morgan fingerprint density at radius 3 is 1.25 bits per heavy atom. The average Bonchev–Trinajstić information content (AvgIpc) is 2.89. The van der Waals surface area contributed by atoms with Gasteiger partial charge in [0.15, 0.2) is 12.6 Å². The van der Waals surface area contributed by atoms with Gasteiger partial charge in [0.2, 0.25) is 0 Å². The number of ether oxygens (including phenoxy) is 4. The zero-order chi connectivity index (χ0) is 25.4. The second kappa shape index (κ2) is 11.4. The number of hydrogen-bond donors (Lipinski definition) is 0. The number of hydrogen-bond acceptors (Lipinski definition) is 4. The molecule has 6 unspecified atom stereocenters. The molecule has 0 aromatic heterocycles. The molecule has 0 radical (unpaired) electrons. The summed E-state index contributed by atoms with van der Waals surface area (Å²) in [4.78, 5) is 0. The van der Waals surface area contributed by atoms with Crippen LogP contribution in [0.5, 0.6) is 0 Å². The van der Waals surface area contributed by atoms with Gasteiger partial charge in [-0.15, -0.1) is 0 Å². The first kappa shape index (κ1) is 26.7. The zero-order valence-corrected chi connectivity index (χ0v) is 23.6. The van der Waals surface area contributed by atoms with Crippen LogP contribution in [0.3, 0.4) is 0 Å². The highest BCUT2D eigenvalue weighted by atomic mass is 16.7. The summed E-state index contributed by atoms with van der Waals surface area (Å²) in [5.74, 6) is 3.45. The van der Waals surface area contributed by atoms with E-state index in [0.717, 1.165) is 13.2 Å². The molecular weight excluding hydrogens is 448 g/mol. The van der Waals surface area contributed by atoms with Crippen molar-refractivity contribution in [2.75, 3.05) is 13.2 Å².